The molecule has 0 radical (unpaired) electrons. The van der Waals surface area contributed by atoms with Gasteiger partial charge in [-0.15, -0.1) is 0 Å². The standard InChI is InChI=1S/C24H34N2O2/c1-23-10-7-14-15-8-11-24(28)13-20(24)17(15)4-3-16(14)18(23)5-6-19(23)22(27)21-9-12-25-26(21)2/h9,12,14-20,28H,3-8,10-11,13H2,1-2H3/t14-,15-,16-,17+,18+,19-,20?,23+,24+/m1/s1. The number of aliphatic hydroxyl groups is 1. The highest BCUT2D eigenvalue weighted by molar-refractivity contribution is 5.97. The van der Waals surface area contributed by atoms with Crippen molar-refractivity contribution in [2.75, 3.05) is 0 Å². The number of aromatic nitrogens is 2. The molecule has 4 heteroatoms. The van der Waals surface area contributed by atoms with Crippen molar-refractivity contribution in [1.29, 1.82) is 0 Å². The van der Waals surface area contributed by atoms with E-state index in [1.54, 1.807) is 10.9 Å². The van der Waals surface area contributed by atoms with Gasteiger partial charge in [-0.3, -0.25) is 9.48 Å². The molecular formula is C24H34N2O2. The van der Waals surface area contributed by atoms with Gasteiger partial charge >= 0.3 is 0 Å². The van der Waals surface area contributed by atoms with Gasteiger partial charge in [0.25, 0.3) is 0 Å². The Kier molecular flexibility index (Phi) is 3.61. The molecule has 5 saturated carbocycles. The summed E-state index contributed by atoms with van der Waals surface area (Å²) >= 11 is 0. The van der Waals surface area contributed by atoms with E-state index in [0.29, 0.717) is 11.7 Å². The van der Waals surface area contributed by atoms with Gasteiger partial charge in [-0.2, -0.15) is 5.10 Å². The van der Waals surface area contributed by atoms with Gasteiger partial charge in [-0.1, -0.05) is 6.92 Å². The number of aryl methyl sites for hydroxylation is 1. The molecule has 5 fully saturated rings. The van der Waals surface area contributed by atoms with E-state index in [1.807, 2.05) is 13.1 Å². The van der Waals surface area contributed by atoms with Crippen molar-refractivity contribution in [2.24, 2.45) is 53.9 Å². The number of hydrogen-bond acceptors (Lipinski definition) is 3. The normalized spacial score (nSPS) is 51.6. The van der Waals surface area contributed by atoms with Crippen LogP contribution in [0.4, 0.5) is 0 Å². The number of carbonyl (C=O) groups excluding carboxylic acids is 1. The van der Waals surface area contributed by atoms with Crippen LogP contribution >= 0.6 is 0 Å². The second kappa shape index (κ2) is 5.71. The van der Waals surface area contributed by atoms with Crippen molar-refractivity contribution in [1.82, 2.24) is 9.78 Å². The topological polar surface area (TPSA) is 55.1 Å². The number of fused-ring (bicyclic) bond motifs is 7. The van der Waals surface area contributed by atoms with Gasteiger partial charge in [-0.25, -0.2) is 0 Å². The lowest BCUT2D eigenvalue weighted by Crippen LogP contribution is -2.50. The third-order valence-electron chi connectivity index (χ3n) is 10.3. The van der Waals surface area contributed by atoms with E-state index < -0.39 is 0 Å². The molecule has 1 N–H and O–H groups in total. The van der Waals surface area contributed by atoms with E-state index in [9.17, 15) is 9.90 Å². The third kappa shape index (κ3) is 2.21. The maximum absolute atomic E-state index is 13.4. The Morgan fingerprint density at radius 1 is 1.04 bits per heavy atom. The van der Waals surface area contributed by atoms with Crippen LogP contribution in [-0.2, 0) is 7.05 Å². The molecule has 5 aliphatic rings. The molecule has 5 aliphatic carbocycles. The first-order chi connectivity index (χ1) is 13.4. The molecule has 4 nitrogen and oxygen atoms in total. The minimum absolute atomic E-state index is 0.171. The predicted octanol–water partition coefficient (Wildman–Crippen LogP) is 4.23. The van der Waals surface area contributed by atoms with Crippen molar-refractivity contribution in [2.45, 2.75) is 70.3 Å². The van der Waals surface area contributed by atoms with Crippen LogP contribution in [0.5, 0.6) is 0 Å². The average Bonchev–Trinajstić information content (AvgIpc) is 3.01. The number of Topliss-reactive ketones (excluding diaryl/α,β-unsaturated/α-hetero) is 1. The molecular weight excluding hydrogens is 348 g/mol. The SMILES string of the molecule is Cn1nccc1C(=O)[C@H]1CC[C@H]2[C@@H]3CC[C@@H]4C5C[C@@]5(O)CC[C@@H]4[C@H]3CC[C@]12C. The monoisotopic (exact) mass is 382 g/mol. The number of carbonyl (C=O) groups is 1. The lowest BCUT2D eigenvalue weighted by Gasteiger charge is -2.55. The van der Waals surface area contributed by atoms with Crippen LogP contribution in [0.3, 0.4) is 0 Å². The zero-order valence-electron chi connectivity index (χ0n) is 17.3. The Hall–Kier alpha value is -1.16. The summed E-state index contributed by atoms with van der Waals surface area (Å²) in [4.78, 5) is 13.4. The van der Waals surface area contributed by atoms with Crippen molar-refractivity contribution >= 4 is 5.78 Å². The van der Waals surface area contributed by atoms with Crippen molar-refractivity contribution in [3.8, 4) is 0 Å². The van der Waals surface area contributed by atoms with Crippen LogP contribution < -0.4 is 0 Å². The van der Waals surface area contributed by atoms with Crippen LogP contribution in [0.2, 0.25) is 0 Å². The molecule has 0 spiro atoms. The number of nitrogens with zero attached hydrogens (tertiary/aromatic N) is 2. The molecule has 0 aromatic carbocycles. The Balaban J connectivity index is 1.25. The first kappa shape index (κ1) is 17.7. The lowest BCUT2D eigenvalue weighted by atomic mass is 9.49. The molecule has 152 valence electrons. The minimum Gasteiger partial charge on any atom is -0.390 e. The van der Waals surface area contributed by atoms with Crippen LogP contribution in [0.1, 0.15) is 75.2 Å². The highest BCUT2D eigenvalue weighted by atomic mass is 16.3. The Morgan fingerprint density at radius 3 is 2.46 bits per heavy atom. The van der Waals surface area contributed by atoms with Gasteiger partial charge in [0.2, 0.25) is 0 Å². The summed E-state index contributed by atoms with van der Waals surface area (Å²) in [5.41, 5.74) is 0.688. The first-order valence-electron chi connectivity index (χ1n) is 11.7. The van der Waals surface area contributed by atoms with Crippen molar-refractivity contribution in [3.05, 3.63) is 18.0 Å². The Morgan fingerprint density at radius 2 is 1.75 bits per heavy atom. The molecule has 0 saturated heterocycles. The maximum Gasteiger partial charge on any atom is 0.184 e. The van der Waals surface area contributed by atoms with Gasteiger partial charge in [-0.05, 0) is 105 Å². The average molecular weight is 383 g/mol. The van der Waals surface area contributed by atoms with Crippen LogP contribution in [0, 0.1) is 46.8 Å². The summed E-state index contributed by atoms with van der Waals surface area (Å²) < 4.78 is 1.76. The molecule has 1 heterocycles. The van der Waals surface area contributed by atoms with Gasteiger partial charge in [0.15, 0.2) is 5.78 Å². The maximum atomic E-state index is 13.4. The zero-order chi connectivity index (χ0) is 19.3. The zero-order valence-corrected chi connectivity index (χ0v) is 17.3. The minimum atomic E-state index is -0.273. The van der Waals surface area contributed by atoms with Gasteiger partial charge in [0.05, 0.1) is 5.60 Å². The second-order valence-corrected chi connectivity index (χ2v) is 11.2. The summed E-state index contributed by atoms with van der Waals surface area (Å²) in [5.74, 6) is 5.14. The van der Waals surface area contributed by atoms with E-state index in [1.165, 1.54) is 38.5 Å². The smallest absolute Gasteiger partial charge is 0.184 e. The fraction of sp³-hybridized carbons (Fsp3) is 0.833. The van der Waals surface area contributed by atoms with Gasteiger partial charge in [0, 0.05) is 19.2 Å². The summed E-state index contributed by atoms with van der Waals surface area (Å²) in [6.07, 6.45) is 12.6. The largest absolute Gasteiger partial charge is 0.390 e. The van der Waals surface area contributed by atoms with E-state index >= 15 is 0 Å². The first-order valence-corrected chi connectivity index (χ1v) is 11.7. The Bertz CT molecular complexity index is 817. The highest BCUT2D eigenvalue weighted by Gasteiger charge is 2.65. The molecule has 28 heavy (non-hydrogen) atoms. The van der Waals surface area contributed by atoms with Crippen molar-refractivity contribution in [3.63, 3.8) is 0 Å². The van der Waals surface area contributed by atoms with Crippen LogP contribution in [0.25, 0.3) is 0 Å². The molecule has 0 bridgehead atoms. The summed E-state index contributed by atoms with van der Waals surface area (Å²) in [6.45, 7) is 2.44. The number of hydrogen-bond donors (Lipinski definition) is 1. The summed E-state index contributed by atoms with van der Waals surface area (Å²) in [7, 11) is 1.89. The summed E-state index contributed by atoms with van der Waals surface area (Å²) in [6, 6.07) is 1.90. The van der Waals surface area contributed by atoms with E-state index in [4.69, 9.17) is 0 Å². The Labute approximate surface area is 168 Å². The van der Waals surface area contributed by atoms with Crippen LogP contribution in [-0.4, -0.2) is 26.3 Å². The molecule has 9 atom stereocenters. The third-order valence-corrected chi connectivity index (χ3v) is 10.3. The fourth-order valence-corrected chi connectivity index (χ4v) is 8.91. The molecule has 6 rings (SSSR count). The predicted molar refractivity (Wildman–Crippen MR) is 107 cm³/mol. The quantitative estimate of drug-likeness (QED) is 0.779. The van der Waals surface area contributed by atoms with Crippen molar-refractivity contribution < 1.29 is 9.90 Å². The lowest BCUT2D eigenvalue weighted by molar-refractivity contribution is -0.0765. The highest BCUT2D eigenvalue weighted by Crippen LogP contribution is 2.68. The fourth-order valence-electron chi connectivity index (χ4n) is 8.91. The van der Waals surface area contributed by atoms with E-state index in [0.717, 1.165) is 54.5 Å². The molecule has 1 unspecified atom stereocenters. The van der Waals surface area contributed by atoms with Gasteiger partial charge in [0.1, 0.15) is 5.69 Å². The van der Waals surface area contributed by atoms with Crippen LogP contribution in [0.15, 0.2) is 12.3 Å². The molecule has 0 amide bonds. The molecule has 1 aromatic heterocycles. The van der Waals surface area contributed by atoms with Gasteiger partial charge < -0.3 is 5.11 Å². The number of ketones is 1. The number of rotatable bonds is 2. The van der Waals surface area contributed by atoms with E-state index in [2.05, 4.69) is 12.0 Å². The molecule has 0 aliphatic heterocycles. The molecule has 1 aromatic rings. The van der Waals surface area contributed by atoms with E-state index in [-0.39, 0.29) is 16.9 Å². The summed E-state index contributed by atoms with van der Waals surface area (Å²) in [5, 5.41) is 14.9. The second-order valence-electron chi connectivity index (χ2n) is 11.2.